The molecule has 0 aliphatic carbocycles. The molecule has 1 aromatic rings. The molecule has 0 bridgehead atoms. The van der Waals surface area contributed by atoms with Gasteiger partial charge in [0.15, 0.2) is 6.23 Å². The molecule has 3 amide bonds. The van der Waals surface area contributed by atoms with Crippen molar-refractivity contribution in [1.82, 2.24) is 15.5 Å². The summed E-state index contributed by atoms with van der Waals surface area (Å²) < 4.78 is 11.6. The zero-order chi connectivity index (χ0) is 44.0. The molecule has 61 heavy (non-hydrogen) atoms. The molecule has 1 fully saturated rings. The molecule has 10 heteroatoms. The first kappa shape index (κ1) is 54.7. The van der Waals surface area contributed by atoms with Gasteiger partial charge in [-0.15, -0.1) is 0 Å². The molecule has 10 nitrogen and oxygen atoms in total. The van der Waals surface area contributed by atoms with Crippen molar-refractivity contribution in [3.05, 3.63) is 35.9 Å². The van der Waals surface area contributed by atoms with Crippen molar-refractivity contribution >= 4 is 12.1 Å². The van der Waals surface area contributed by atoms with E-state index in [1.54, 1.807) is 0 Å². The second kappa shape index (κ2) is 38.1. The van der Waals surface area contributed by atoms with Gasteiger partial charge in [0.1, 0.15) is 31.0 Å². The normalized spacial score (nSPS) is 18.9. The van der Waals surface area contributed by atoms with Crippen LogP contribution < -0.4 is 10.6 Å². The molecule has 0 radical (unpaired) electrons. The number of benzene rings is 1. The van der Waals surface area contributed by atoms with E-state index >= 15 is 0 Å². The standard InChI is InChI=1S/C51H93N3O7/c1-3-5-7-9-11-13-15-17-19-21-23-25-27-29-31-36-40-52-50(58)54(41-37-32-30-28-26-24-22-20-18-16-14-12-10-8-6-4-2)49-46(48(57)47(56)45(42-55)61-49)53-51(59)60-43-44-38-34-33-35-39-44/h33-35,38-39,45-49,55-57H,3-32,36-37,40-43H2,1-2H3,(H,52,58)(H,53,59)/t45-,46-,47+,48-,49-/m1/s1. The van der Waals surface area contributed by atoms with Crippen molar-refractivity contribution in [2.45, 2.75) is 257 Å². The molecule has 0 spiro atoms. The van der Waals surface area contributed by atoms with Gasteiger partial charge in [0.25, 0.3) is 0 Å². The van der Waals surface area contributed by atoms with Crippen molar-refractivity contribution < 1.29 is 34.4 Å². The number of rotatable bonds is 39. The zero-order valence-corrected chi connectivity index (χ0v) is 39.2. The fourth-order valence-corrected chi connectivity index (χ4v) is 8.57. The second-order valence-electron chi connectivity index (χ2n) is 18.0. The summed E-state index contributed by atoms with van der Waals surface area (Å²) in [5.41, 5.74) is 0.800. The number of nitrogens with zero attached hydrogens (tertiary/aromatic N) is 1. The summed E-state index contributed by atoms with van der Waals surface area (Å²) in [4.78, 5) is 28.5. The summed E-state index contributed by atoms with van der Waals surface area (Å²) in [6.45, 7) is 4.85. The van der Waals surface area contributed by atoms with E-state index < -0.39 is 43.3 Å². The lowest BCUT2D eigenvalue weighted by molar-refractivity contribution is -0.222. The van der Waals surface area contributed by atoms with Crippen LogP contribution >= 0.6 is 0 Å². The first-order valence-corrected chi connectivity index (χ1v) is 25.6. The molecular formula is C51H93N3O7. The average Bonchev–Trinajstić information content (AvgIpc) is 3.27. The zero-order valence-electron chi connectivity index (χ0n) is 39.2. The van der Waals surface area contributed by atoms with Crippen LogP contribution in [0.5, 0.6) is 0 Å². The highest BCUT2D eigenvalue weighted by Gasteiger charge is 2.48. The van der Waals surface area contributed by atoms with E-state index in [1.807, 2.05) is 30.3 Å². The molecule has 0 aromatic heterocycles. The number of carbonyl (C=O) groups excluding carboxylic acids is 2. The minimum absolute atomic E-state index is 0.0194. The summed E-state index contributed by atoms with van der Waals surface area (Å²) in [5, 5.41) is 37.9. The first-order valence-electron chi connectivity index (χ1n) is 25.6. The highest BCUT2D eigenvalue weighted by molar-refractivity contribution is 5.75. The van der Waals surface area contributed by atoms with Gasteiger partial charge in [-0.05, 0) is 18.4 Å². The summed E-state index contributed by atoms with van der Waals surface area (Å²) in [6, 6.07) is 7.74. The number of hydrogen-bond acceptors (Lipinski definition) is 7. The van der Waals surface area contributed by atoms with Crippen molar-refractivity contribution in [2.75, 3.05) is 19.7 Å². The fourth-order valence-electron chi connectivity index (χ4n) is 8.57. The number of unbranched alkanes of at least 4 members (excludes halogenated alkanes) is 30. The lowest BCUT2D eigenvalue weighted by Gasteiger charge is -2.46. The van der Waals surface area contributed by atoms with Gasteiger partial charge in [-0.2, -0.15) is 0 Å². The Morgan fingerprint density at radius 2 is 1.00 bits per heavy atom. The predicted molar refractivity (Wildman–Crippen MR) is 251 cm³/mol. The van der Waals surface area contributed by atoms with Crippen LogP contribution in [0.25, 0.3) is 0 Å². The molecule has 0 unspecified atom stereocenters. The highest BCUT2D eigenvalue weighted by Crippen LogP contribution is 2.25. The van der Waals surface area contributed by atoms with Gasteiger partial charge in [0.2, 0.25) is 0 Å². The van der Waals surface area contributed by atoms with Gasteiger partial charge >= 0.3 is 12.1 Å². The molecule has 354 valence electrons. The van der Waals surface area contributed by atoms with E-state index in [9.17, 15) is 24.9 Å². The van der Waals surface area contributed by atoms with Crippen molar-refractivity contribution in [1.29, 1.82) is 0 Å². The van der Waals surface area contributed by atoms with E-state index in [4.69, 9.17) is 9.47 Å². The van der Waals surface area contributed by atoms with Crippen LogP contribution in [0.2, 0.25) is 0 Å². The van der Waals surface area contributed by atoms with Crippen molar-refractivity contribution in [2.24, 2.45) is 0 Å². The molecular weight excluding hydrogens is 767 g/mol. The molecule has 1 aromatic carbocycles. The van der Waals surface area contributed by atoms with Gasteiger partial charge < -0.3 is 35.4 Å². The van der Waals surface area contributed by atoms with Crippen LogP contribution in [0.15, 0.2) is 30.3 Å². The van der Waals surface area contributed by atoms with Crippen molar-refractivity contribution in [3.63, 3.8) is 0 Å². The van der Waals surface area contributed by atoms with E-state index in [0.717, 1.165) is 50.5 Å². The molecule has 5 atom stereocenters. The smallest absolute Gasteiger partial charge is 0.407 e. The van der Waals surface area contributed by atoms with Gasteiger partial charge in [-0.1, -0.05) is 237 Å². The van der Waals surface area contributed by atoms with Crippen LogP contribution in [-0.4, -0.2) is 82.6 Å². The number of amides is 3. The Bertz CT molecular complexity index is 1160. The minimum atomic E-state index is -1.50. The third-order valence-corrected chi connectivity index (χ3v) is 12.5. The maximum absolute atomic E-state index is 13.9. The molecule has 2 rings (SSSR count). The van der Waals surface area contributed by atoms with E-state index in [-0.39, 0.29) is 12.6 Å². The Hall–Kier alpha value is -2.40. The SMILES string of the molecule is CCCCCCCCCCCCCCCCCCNC(=O)N(CCCCCCCCCCCCCCCCCC)[C@@H]1O[C@H](CO)[C@H](O)[C@H](O)[C@H]1NC(=O)OCc1ccccc1. The highest BCUT2D eigenvalue weighted by atomic mass is 16.6. The number of ether oxygens (including phenoxy) is 2. The van der Waals surface area contributed by atoms with Gasteiger partial charge in [-0.3, -0.25) is 4.90 Å². The van der Waals surface area contributed by atoms with E-state index in [0.29, 0.717) is 13.1 Å². The molecule has 1 aliphatic heterocycles. The van der Waals surface area contributed by atoms with Gasteiger partial charge in [0.05, 0.1) is 6.61 Å². The summed E-state index contributed by atoms with van der Waals surface area (Å²) in [7, 11) is 0. The Labute approximate surface area is 373 Å². The minimum Gasteiger partial charge on any atom is -0.445 e. The van der Waals surface area contributed by atoms with E-state index in [1.165, 1.54) is 165 Å². The molecule has 5 N–H and O–H groups in total. The summed E-state index contributed by atoms with van der Waals surface area (Å²) in [5.74, 6) is 0. The topological polar surface area (TPSA) is 141 Å². The summed E-state index contributed by atoms with van der Waals surface area (Å²) >= 11 is 0. The van der Waals surface area contributed by atoms with Gasteiger partial charge in [-0.25, -0.2) is 9.59 Å². The average molecular weight is 860 g/mol. The number of aliphatic hydroxyl groups is 3. The molecule has 1 heterocycles. The number of alkyl carbamates (subject to hydrolysis) is 1. The van der Waals surface area contributed by atoms with Crippen molar-refractivity contribution in [3.8, 4) is 0 Å². The van der Waals surface area contributed by atoms with Gasteiger partial charge in [0, 0.05) is 13.1 Å². The van der Waals surface area contributed by atoms with Crippen LogP contribution in [0.3, 0.4) is 0 Å². The Morgan fingerprint density at radius 3 is 1.43 bits per heavy atom. The maximum Gasteiger partial charge on any atom is 0.407 e. The van der Waals surface area contributed by atoms with Crippen LogP contribution in [0.1, 0.15) is 225 Å². The maximum atomic E-state index is 13.9. The summed E-state index contributed by atoms with van der Waals surface area (Å²) in [6.07, 6.45) is 34.4. The van der Waals surface area contributed by atoms with Crippen LogP contribution in [0.4, 0.5) is 9.59 Å². The lowest BCUT2D eigenvalue weighted by atomic mass is 9.95. The monoisotopic (exact) mass is 860 g/mol. The Morgan fingerprint density at radius 1 is 0.590 bits per heavy atom. The lowest BCUT2D eigenvalue weighted by Crippen LogP contribution is -2.69. The number of nitrogens with one attached hydrogen (secondary N) is 2. The Kier molecular flexibility index (Phi) is 34.2. The largest absolute Gasteiger partial charge is 0.445 e. The molecule has 0 saturated carbocycles. The molecule has 1 aliphatic rings. The van der Waals surface area contributed by atoms with Crippen LogP contribution in [-0.2, 0) is 16.1 Å². The Balaban J connectivity index is 1.82. The predicted octanol–water partition coefficient (Wildman–Crippen LogP) is 12.3. The third-order valence-electron chi connectivity index (χ3n) is 12.5. The number of urea groups is 1. The number of hydrogen-bond donors (Lipinski definition) is 5. The number of aliphatic hydroxyl groups excluding tert-OH is 3. The quantitative estimate of drug-likeness (QED) is 0.0415. The first-order chi connectivity index (χ1) is 29.9. The fraction of sp³-hybridized carbons (Fsp3) is 0.843. The molecule has 1 saturated heterocycles. The van der Waals surface area contributed by atoms with Crippen LogP contribution in [0, 0.1) is 0 Å². The van der Waals surface area contributed by atoms with E-state index in [2.05, 4.69) is 24.5 Å². The second-order valence-corrected chi connectivity index (χ2v) is 18.0. The third kappa shape index (κ3) is 26.7. The number of carbonyl (C=O) groups is 2.